The Hall–Kier alpha value is -3.13. The minimum atomic E-state index is -1.51. The number of nitrogens with one attached hydrogen (secondary N) is 3. The number of likely N-dealkylation sites (tertiary alicyclic amines) is 1. The monoisotopic (exact) mass is 497 g/mol. The van der Waals surface area contributed by atoms with Gasteiger partial charge in [0, 0.05) is 24.9 Å². The van der Waals surface area contributed by atoms with Crippen molar-refractivity contribution in [3.05, 3.63) is 18.2 Å². The zero-order chi connectivity index (χ0) is 25.3. The van der Waals surface area contributed by atoms with Crippen LogP contribution in [-0.2, 0) is 30.4 Å². The van der Waals surface area contributed by atoms with Gasteiger partial charge in [-0.3, -0.25) is 19.2 Å². The second-order valence-electron chi connectivity index (χ2n) is 7.99. The lowest BCUT2D eigenvalue weighted by Crippen LogP contribution is -2.57. The Labute approximate surface area is 200 Å². The fourth-order valence-corrected chi connectivity index (χ4v) is 4.15. The molecule has 0 spiro atoms. The fraction of sp³-hybridized carbons (Fsp3) is 0.600. The molecule has 1 fully saturated rings. The average molecular weight is 498 g/mol. The lowest BCUT2D eigenvalue weighted by atomic mass is 10.1. The summed E-state index contributed by atoms with van der Waals surface area (Å²) in [7, 11) is 0. The van der Waals surface area contributed by atoms with Crippen LogP contribution in [0.4, 0.5) is 0 Å². The maximum atomic E-state index is 13.0. The molecule has 1 saturated heterocycles. The van der Waals surface area contributed by atoms with Crippen molar-refractivity contribution in [2.75, 3.05) is 18.6 Å². The van der Waals surface area contributed by atoms with Crippen molar-refractivity contribution >= 4 is 41.4 Å². The van der Waals surface area contributed by atoms with Crippen LogP contribution in [0.3, 0.4) is 0 Å². The summed E-state index contributed by atoms with van der Waals surface area (Å²) in [4.78, 5) is 69.3. The molecular weight excluding hydrogens is 466 g/mol. The molecule has 0 bridgehead atoms. The van der Waals surface area contributed by atoms with Gasteiger partial charge < -0.3 is 37.1 Å². The molecule has 0 radical (unpaired) electrons. The van der Waals surface area contributed by atoms with E-state index in [4.69, 9.17) is 11.5 Å². The minimum Gasteiger partial charge on any atom is -0.480 e. The van der Waals surface area contributed by atoms with Gasteiger partial charge >= 0.3 is 5.97 Å². The van der Waals surface area contributed by atoms with E-state index in [2.05, 4.69) is 20.6 Å². The number of aromatic nitrogens is 2. The summed E-state index contributed by atoms with van der Waals surface area (Å²) < 4.78 is 0. The van der Waals surface area contributed by atoms with E-state index in [1.54, 1.807) is 6.20 Å². The molecule has 1 aromatic heterocycles. The maximum absolute atomic E-state index is 13.0. The van der Waals surface area contributed by atoms with Crippen molar-refractivity contribution in [3.8, 4) is 0 Å². The van der Waals surface area contributed by atoms with Gasteiger partial charge in [0.25, 0.3) is 0 Å². The third-order valence-corrected chi connectivity index (χ3v) is 6.06. The van der Waals surface area contributed by atoms with Gasteiger partial charge in [0.05, 0.1) is 18.8 Å². The fourth-order valence-electron chi connectivity index (χ4n) is 3.68. The van der Waals surface area contributed by atoms with Gasteiger partial charge in [-0.2, -0.15) is 11.8 Å². The Morgan fingerprint density at radius 2 is 2.03 bits per heavy atom. The number of rotatable bonds is 13. The van der Waals surface area contributed by atoms with Gasteiger partial charge in [-0.25, -0.2) is 9.78 Å². The molecule has 4 unspecified atom stereocenters. The number of imidazole rings is 1. The summed E-state index contributed by atoms with van der Waals surface area (Å²) in [6, 6.07) is -4.23. The van der Waals surface area contributed by atoms with Gasteiger partial charge in [-0.15, -0.1) is 0 Å². The highest BCUT2D eigenvalue weighted by Crippen LogP contribution is 2.19. The SMILES string of the molecule is CSCCC(NC(=O)C1CCCN1C(=O)C(N)Cc1cnc[nH]1)C(=O)NC(CC(N)=O)C(=O)O. The highest BCUT2D eigenvalue weighted by molar-refractivity contribution is 7.98. The molecule has 1 aliphatic heterocycles. The Morgan fingerprint density at radius 3 is 2.62 bits per heavy atom. The molecule has 0 aromatic carbocycles. The number of aliphatic carboxylic acids is 1. The molecule has 34 heavy (non-hydrogen) atoms. The normalized spacial score (nSPS) is 18.1. The Morgan fingerprint density at radius 1 is 1.29 bits per heavy atom. The second kappa shape index (κ2) is 12.9. The summed E-state index contributed by atoms with van der Waals surface area (Å²) in [6.07, 6.45) is 5.76. The van der Waals surface area contributed by atoms with Crippen molar-refractivity contribution < 1.29 is 29.1 Å². The summed E-state index contributed by atoms with van der Waals surface area (Å²) in [5.41, 5.74) is 11.8. The number of carbonyl (C=O) groups is 5. The Kier molecular flexibility index (Phi) is 10.3. The molecule has 1 aromatic rings. The summed E-state index contributed by atoms with van der Waals surface area (Å²) in [5, 5.41) is 14.1. The van der Waals surface area contributed by atoms with Crippen LogP contribution >= 0.6 is 11.8 Å². The van der Waals surface area contributed by atoms with Gasteiger partial charge in [0.1, 0.15) is 18.1 Å². The number of carbonyl (C=O) groups excluding carboxylic acids is 4. The number of hydrogen-bond donors (Lipinski definition) is 6. The lowest BCUT2D eigenvalue weighted by molar-refractivity contribution is -0.144. The highest BCUT2D eigenvalue weighted by Gasteiger charge is 2.38. The van der Waals surface area contributed by atoms with Gasteiger partial charge in [-0.1, -0.05) is 0 Å². The molecule has 0 saturated carbocycles. The van der Waals surface area contributed by atoms with E-state index in [0.29, 0.717) is 30.8 Å². The van der Waals surface area contributed by atoms with Gasteiger partial charge in [0.15, 0.2) is 0 Å². The number of nitrogens with zero attached hydrogens (tertiary/aromatic N) is 2. The van der Waals surface area contributed by atoms with E-state index in [-0.39, 0.29) is 18.7 Å². The molecule has 2 heterocycles. The molecule has 4 atom stereocenters. The van der Waals surface area contributed by atoms with Crippen molar-refractivity contribution in [1.82, 2.24) is 25.5 Å². The van der Waals surface area contributed by atoms with Gasteiger partial charge in [0.2, 0.25) is 23.6 Å². The van der Waals surface area contributed by atoms with Crippen LogP contribution in [0, 0.1) is 0 Å². The first-order chi connectivity index (χ1) is 16.1. The minimum absolute atomic E-state index is 0.224. The largest absolute Gasteiger partial charge is 0.480 e. The average Bonchev–Trinajstić information content (AvgIpc) is 3.47. The summed E-state index contributed by atoms with van der Waals surface area (Å²) in [6.45, 7) is 0.356. The van der Waals surface area contributed by atoms with Crippen LogP contribution in [0.2, 0.25) is 0 Å². The van der Waals surface area contributed by atoms with E-state index in [1.165, 1.54) is 23.0 Å². The zero-order valence-electron chi connectivity index (χ0n) is 18.9. The van der Waals surface area contributed by atoms with Crippen LogP contribution in [0.25, 0.3) is 0 Å². The van der Waals surface area contributed by atoms with E-state index in [0.717, 1.165) is 0 Å². The smallest absolute Gasteiger partial charge is 0.326 e. The Balaban J connectivity index is 2.06. The maximum Gasteiger partial charge on any atom is 0.326 e. The number of carboxylic acid groups (broad SMARTS) is 1. The topological polar surface area (TPSA) is 214 Å². The second-order valence-corrected chi connectivity index (χ2v) is 8.98. The number of hydrogen-bond acceptors (Lipinski definition) is 8. The van der Waals surface area contributed by atoms with Gasteiger partial charge in [-0.05, 0) is 31.3 Å². The van der Waals surface area contributed by atoms with Crippen LogP contribution in [0.1, 0.15) is 31.4 Å². The standard InChI is InChI=1S/C20H31N7O6S/c1-34-6-4-13(17(29)26-14(20(32)33)8-16(22)28)25-18(30)15-3-2-5-27(15)19(31)12(21)7-11-9-23-10-24-11/h9-10,12-15H,2-8,21H2,1H3,(H2,22,28)(H,23,24)(H,25,30)(H,26,29)(H,32,33). The van der Waals surface area contributed by atoms with Crippen LogP contribution in [0.5, 0.6) is 0 Å². The summed E-state index contributed by atoms with van der Waals surface area (Å²) in [5.74, 6) is -3.45. The quantitative estimate of drug-likeness (QED) is 0.177. The molecule has 188 valence electrons. The number of aromatic amines is 1. The van der Waals surface area contributed by atoms with Crippen molar-refractivity contribution in [2.45, 2.75) is 56.3 Å². The van der Waals surface area contributed by atoms with E-state index < -0.39 is 54.3 Å². The first-order valence-corrected chi connectivity index (χ1v) is 12.2. The van der Waals surface area contributed by atoms with E-state index >= 15 is 0 Å². The molecule has 13 nitrogen and oxygen atoms in total. The zero-order valence-corrected chi connectivity index (χ0v) is 19.7. The van der Waals surface area contributed by atoms with Crippen LogP contribution < -0.4 is 22.1 Å². The molecule has 4 amide bonds. The van der Waals surface area contributed by atoms with E-state index in [1.807, 2.05) is 6.26 Å². The van der Waals surface area contributed by atoms with Crippen molar-refractivity contribution in [2.24, 2.45) is 11.5 Å². The third kappa shape index (κ3) is 7.73. The van der Waals surface area contributed by atoms with Crippen LogP contribution in [-0.4, -0.2) is 92.3 Å². The first kappa shape index (κ1) is 27.1. The molecule has 1 aliphatic rings. The number of H-pyrrole nitrogens is 1. The third-order valence-electron chi connectivity index (χ3n) is 5.41. The predicted octanol–water partition coefficient (Wildman–Crippen LogP) is -2.05. The van der Waals surface area contributed by atoms with E-state index in [9.17, 15) is 29.1 Å². The van der Waals surface area contributed by atoms with Crippen molar-refractivity contribution in [3.63, 3.8) is 0 Å². The predicted molar refractivity (Wildman–Crippen MR) is 123 cm³/mol. The number of carboxylic acids is 1. The van der Waals surface area contributed by atoms with Crippen LogP contribution in [0.15, 0.2) is 12.5 Å². The first-order valence-electron chi connectivity index (χ1n) is 10.8. The Bertz CT molecular complexity index is 881. The molecular formula is C20H31N7O6S. The number of primary amides is 1. The number of nitrogens with two attached hydrogens (primary N) is 2. The highest BCUT2D eigenvalue weighted by atomic mass is 32.2. The molecule has 14 heteroatoms. The molecule has 0 aliphatic carbocycles. The lowest BCUT2D eigenvalue weighted by Gasteiger charge is -2.28. The number of thioether (sulfide) groups is 1. The van der Waals surface area contributed by atoms with Crippen molar-refractivity contribution in [1.29, 1.82) is 0 Å². The number of amides is 4. The molecule has 2 rings (SSSR count). The summed E-state index contributed by atoms with van der Waals surface area (Å²) >= 11 is 1.44. The molecule has 8 N–H and O–H groups in total.